The Kier molecular flexibility index (Phi) is 4.41. The van der Waals surface area contributed by atoms with Crippen molar-refractivity contribution < 1.29 is 4.79 Å². The number of aryl methyl sites for hydroxylation is 2. The van der Waals surface area contributed by atoms with Gasteiger partial charge in [-0.3, -0.25) is 9.78 Å². The van der Waals surface area contributed by atoms with Gasteiger partial charge in [-0.2, -0.15) is 0 Å². The predicted molar refractivity (Wildman–Crippen MR) is 105 cm³/mol. The van der Waals surface area contributed by atoms with Crippen LogP contribution in [0.15, 0.2) is 47.8 Å². The van der Waals surface area contributed by atoms with E-state index in [0.717, 1.165) is 33.9 Å². The second-order valence-corrected chi connectivity index (χ2v) is 6.83. The molecule has 0 bridgehead atoms. The van der Waals surface area contributed by atoms with Crippen LogP contribution in [0.25, 0.3) is 0 Å². The van der Waals surface area contributed by atoms with E-state index in [1.54, 1.807) is 24.5 Å². The van der Waals surface area contributed by atoms with E-state index in [9.17, 15) is 4.79 Å². The van der Waals surface area contributed by atoms with Gasteiger partial charge in [0, 0.05) is 40.7 Å². The molecule has 0 aliphatic carbocycles. The molecule has 1 aromatic carbocycles. The number of hydrogen-bond acceptors (Lipinski definition) is 5. The van der Waals surface area contributed by atoms with Crippen LogP contribution in [0.5, 0.6) is 0 Å². The number of halogens is 1. The van der Waals surface area contributed by atoms with E-state index < -0.39 is 0 Å². The first-order chi connectivity index (χ1) is 13.0. The van der Waals surface area contributed by atoms with Crippen LogP contribution in [0.1, 0.15) is 32.9 Å². The predicted octanol–water partition coefficient (Wildman–Crippen LogP) is 4.07. The van der Waals surface area contributed by atoms with Crippen LogP contribution >= 0.6 is 11.6 Å². The fourth-order valence-corrected chi connectivity index (χ4v) is 3.11. The molecule has 0 atom stereocenters. The summed E-state index contributed by atoms with van der Waals surface area (Å²) in [7, 11) is 0. The number of carbonyl (C=O) groups is 1. The molecule has 0 saturated heterocycles. The van der Waals surface area contributed by atoms with E-state index in [-0.39, 0.29) is 11.6 Å². The minimum Gasteiger partial charge on any atom is -0.321 e. The Balaban J connectivity index is 1.59. The Hall–Kier alpha value is -3.12. The highest BCUT2D eigenvalue weighted by Crippen LogP contribution is 2.31. The van der Waals surface area contributed by atoms with Crippen LogP contribution in [0, 0.1) is 13.8 Å². The Morgan fingerprint density at radius 2 is 1.93 bits per heavy atom. The van der Waals surface area contributed by atoms with Gasteiger partial charge >= 0.3 is 0 Å². The second-order valence-electron chi connectivity index (χ2n) is 6.42. The Labute approximate surface area is 161 Å². The first-order valence-electron chi connectivity index (χ1n) is 8.42. The number of aromatic nitrogens is 3. The molecule has 1 amide bonds. The molecule has 0 unspecified atom stereocenters. The number of pyridine rings is 1. The minimum atomic E-state index is -0.329. The molecule has 3 aromatic rings. The summed E-state index contributed by atoms with van der Waals surface area (Å²) in [5, 5.41) is 3.40. The third-order valence-electron chi connectivity index (χ3n) is 4.23. The number of nitrogens with one attached hydrogen (secondary N) is 1. The van der Waals surface area contributed by atoms with E-state index in [2.05, 4.69) is 31.3 Å². The van der Waals surface area contributed by atoms with Crippen molar-refractivity contribution >= 4 is 34.7 Å². The summed E-state index contributed by atoms with van der Waals surface area (Å²) in [6.07, 6.45) is 5.46. The highest BCUT2D eigenvalue weighted by molar-refractivity contribution is 6.34. The number of aliphatic imine (C=N–C) groups is 1. The lowest BCUT2D eigenvalue weighted by Gasteiger charge is -2.09. The SMILES string of the molecule is Cc1cnc2c(c1)CC(c1cc(NC(=O)c3cnc(C)cn3)ccc1Cl)=N2. The monoisotopic (exact) mass is 377 g/mol. The van der Waals surface area contributed by atoms with Crippen molar-refractivity contribution in [2.75, 3.05) is 5.32 Å². The zero-order chi connectivity index (χ0) is 19.0. The Morgan fingerprint density at radius 3 is 2.70 bits per heavy atom. The van der Waals surface area contributed by atoms with Gasteiger partial charge in [-0.1, -0.05) is 17.7 Å². The molecule has 134 valence electrons. The van der Waals surface area contributed by atoms with E-state index in [1.807, 2.05) is 19.9 Å². The number of nitrogens with zero attached hydrogens (tertiary/aromatic N) is 4. The van der Waals surface area contributed by atoms with Gasteiger partial charge in [-0.05, 0) is 37.6 Å². The molecule has 3 heterocycles. The van der Waals surface area contributed by atoms with E-state index in [1.165, 1.54) is 6.20 Å². The molecule has 0 fully saturated rings. The number of hydrogen-bond donors (Lipinski definition) is 1. The lowest BCUT2D eigenvalue weighted by Crippen LogP contribution is -2.14. The van der Waals surface area contributed by atoms with Gasteiger partial charge in [0.25, 0.3) is 5.91 Å². The van der Waals surface area contributed by atoms with E-state index >= 15 is 0 Å². The van der Waals surface area contributed by atoms with Crippen LogP contribution in [0.3, 0.4) is 0 Å². The second kappa shape index (κ2) is 6.89. The van der Waals surface area contributed by atoms with Gasteiger partial charge in [0.2, 0.25) is 0 Å². The molecule has 1 aliphatic heterocycles. The van der Waals surface area contributed by atoms with Gasteiger partial charge in [-0.15, -0.1) is 0 Å². The number of rotatable bonds is 3. The number of benzene rings is 1. The van der Waals surface area contributed by atoms with Crippen molar-refractivity contribution in [3.05, 3.63) is 76.0 Å². The number of anilines is 1. The smallest absolute Gasteiger partial charge is 0.275 e. The molecule has 0 spiro atoms. The molecule has 27 heavy (non-hydrogen) atoms. The molecule has 0 radical (unpaired) electrons. The molecule has 1 N–H and O–H groups in total. The third-order valence-corrected chi connectivity index (χ3v) is 4.56. The zero-order valence-electron chi connectivity index (χ0n) is 14.8. The van der Waals surface area contributed by atoms with Gasteiger partial charge in [0.05, 0.1) is 17.6 Å². The Bertz CT molecular complexity index is 1080. The molecular weight excluding hydrogens is 362 g/mol. The summed E-state index contributed by atoms with van der Waals surface area (Å²) >= 11 is 6.39. The lowest BCUT2D eigenvalue weighted by atomic mass is 10.0. The summed E-state index contributed by atoms with van der Waals surface area (Å²) in [5.74, 6) is 0.390. The van der Waals surface area contributed by atoms with Crippen LogP contribution in [-0.4, -0.2) is 26.6 Å². The maximum absolute atomic E-state index is 12.4. The molecule has 1 aliphatic rings. The van der Waals surface area contributed by atoms with Gasteiger partial charge < -0.3 is 5.32 Å². The topological polar surface area (TPSA) is 80.1 Å². The minimum absolute atomic E-state index is 0.252. The number of fused-ring (bicyclic) bond motifs is 1. The van der Waals surface area contributed by atoms with Crippen LogP contribution in [0.2, 0.25) is 5.02 Å². The fourth-order valence-electron chi connectivity index (χ4n) is 2.89. The molecule has 6 nitrogen and oxygen atoms in total. The van der Waals surface area contributed by atoms with Gasteiger partial charge in [0.1, 0.15) is 5.69 Å². The highest BCUT2D eigenvalue weighted by atomic mass is 35.5. The molecule has 4 rings (SSSR count). The van der Waals surface area contributed by atoms with Crippen molar-refractivity contribution in [3.8, 4) is 0 Å². The zero-order valence-corrected chi connectivity index (χ0v) is 15.6. The normalized spacial score (nSPS) is 12.5. The molecule has 0 saturated carbocycles. The molecule has 7 heteroatoms. The quantitative estimate of drug-likeness (QED) is 0.746. The van der Waals surface area contributed by atoms with Crippen molar-refractivity contribution in [3.63, 3.8) is 0 Å². The third kappa shape index (κ3) is 3.57. The molecular formula is C20H16ClN5O. The van der Waals surface area contributed by atoms with Crippen molar-refractivity contribution in [1.82, 2.24) is 15.0 Å². The fraction of sp³-hybridized carbons (Fsp3) is 0.150. The van der Waals surface area contributed by atoms with Gasteiger partial charge in [-0.25, -0.2) is 15.0 Å². The number of amides is 1. The summed E-state index contributed by atoms with van der Waals surface area (Å²) in [5.41, 5.74) is 5.40. The summed E-state index contributed by atoms with van der Waals surface area (Å²) in [4.78, 5) is 29.5. The summed E-state index contributed by atoms with van der Waals surface area (Å²) < 4.78 is 0. The standard InChI is InChI=1S/C20H16ClN5O/c1-11-5-13-6-17(26-19(13)24-8-11)15-7-14(3-4-16(15)21)25-20(27)18-10-22-12(2)9-23-18/h3-5,7-10H,6H2,1-2H3,(H,25,27). The first-order valence-corrected chi connectivity index (χ1v) is 8.80. The number of carbonyl (C=O) groups excluding carboxylic acids is 1. The largest absolute Gasteiger partial charge is 0.321 e. The lowest BCUT2D eigenvalue weighted by molar-refractivity contribution is 0.102. The maximum atomic E-state index is 12.4. The van der Waals surface area contributed by atoms with E-state index in [0.29, 0.717) is 17.1 Å². The van der Waals surface area contributed by atoms with E-state index in [4.69, 9.17) is 11.6 Å². The maximum Gasteiger partial charge on any atom is 0.275 e. The van der Waals surface area contributed by atoms with Crippen LogP contribution in [-0.2, 0) is 6.42 Å². The van der Waals surface area contributed by atoms with Gasteiger partial charge in [0.15, 0.2) is 5.82 Å². The van der Waals surface area contributed by atoms with Crippen LogP contribution < -0.4 is 5.32 Å². The summed E-state index contributed by atoms with van der Waals surface area (Å²) in [6, 6.07) is 7.39. The average Bonchev–Trinajstić information content (AvgIpc) is 3.06. The van der Waals surface area contributed by atoms with Crippen molar-refractivity contribution in [2.24, 2.45) is 4.99 Å². The van der Waals surface area contributed by atoms with Crippen molar-refractivity contribution in [2.45, 2.75) is 20.3 Å². The van der Waals surface area contributed by atoms with Crippen molar-refractivity contribution in [1.29, 1.82) is 0 Å². The Morgan fingerprint density at radius 1 is 1.07 bits per heavy atom. The highest BCUT2D eigenvalue weighted by Gasteiger charge is 2.20. The molecule has 2 aromatic heterocycles. The summed E-state index contributed by atoms with van der Waals surface area (Å²) in [6.45, 7) is 3.82. The van der Waals surface area contributed by atoms with Crippen LogP contribution in [0.4, 0.5) is 11.5 Å². The average molecular weight is 378 g/mol. The first kappa shape index (κ1) is 17.3.